The van der Waals surface area contributed by atoms with Gasteiger partial charge in [-0.3, -0.25) is 0 Å². The Morgan fingerprint density at radius 1 is 1.30 bits per heavy atom. The normalized spacial score (nSPS) is 27.8. The molecule has 1 aliphatic carbocycles. The first-order chi connectivity index (χ1) is 9.62. The van der Waals surface area contributed by atoms with Gasteiger partial charge in [0.05, 0.1) is 13.2 Å². The molecule has 0 spiro atoms. The average molecular weight is 276 g/mol. The SMILES string of the molecule is COc1ccc2c(c1)OC(C)(C(O)C1CCCCC1)C2. The van der Waals surface area contributed by atoms with E-state index in [1.54, 1.807) is 7.11 Å². The number of methoxy groups -OCH3 is 1. The number of aliphatic hydroxyl groups excluding tert-OH is 1. The Bertz CT molecular complexity index is 479. The second-order valence-corrected chi connectivity index (χ2v) is 6.41. The Balaban J connectivity index is 1.77. The maximum Gasteiger partial charge on any atom is 0.136 e. The lowest BCUT2D eigenvalue weighted by molar-refractivity contribution is -0.0664. The molecule has 1 heterocycles. The number of fused-ring (bicyclic) bond motifs is 1. The van der Waals surface area contributed by atoms with Crippen molar-refractivity contribution in [3.05, 3.63) is 23.8 Å². The minimum atomic E-state index is -0.489. The van der Waals surface area contributed by atoms with E-state index in [0.29, 0.717) is 5.92 Å². The van der Waals surface area contributed by atoms with Gasteiger partial charge in [-0.2, -0.15) is 0 Å². The van der Waals surface area contributed by atoms with E-state index in [2.05, 4.69) is 0 Å². The summed E-state index contributed by atoms with van der Waals surface area (Å²) in [6, 6.07) is 5.93. The van der Waals surface area contributed by atoms with E-state index < -0.39 is 5.60 Å². The number of benzene rings is 1. The number of rotatable bonds is 3. The molecule has 1 aliphatic heterocycles. The lowest BCUT2D eigenvalue weighted by Gasteiger charge is -2.37. The molecule has 1 N–H and O–H groups in total. The summed E-state index contributed by atoms with van der Waals surface area (Å²) in [7, 11) is 1.66. The first kappa shape index (κ1) is 13.7. The van der Waals surface area contributed by atoms with Crippen LogP contribution in [0.4, 0.5) is 0 Å². The van der Waals surface area contributed by atoms with Crippen LogP contribution in [-0.4, -0.2) is 23.9 Å². The van der Waals surface area contributed by atoms with Crippen molar-refractivity contribution >= 4 is 0 Å². The highest BCUT2D eigenvalue weighted by atomic mass is 16.5. The van der Waals surface area contributed by atoms with Crippen molar-refractivity contribution in [3.63, 3.8) is 0 Å². The van der Waals surface area contributed by atoms with Crippen LogP contribution < -0.4 is 9.47 Å². The molecule has 1 aromatic rings. The number of ether oxygens (including phenoxy) is 2. The van der Waals surface area contributed by atoms with Crippen LogP contribution in [0, 0.1) is 5.92 Å². The lowest BCUT2D eigenvalue weighted by Crippen LogP contribution is -2.48. The maximum absolute atomic E-state index is 10.8. The first-order valence-electron chi connectivity index (χ1n) is 7.66. The van der Waals surface area contributed by atoms with Gasteiger partial charge in [0.1, 0.15) is 17.1 Å². The summed E-state index contributed by atoms with van der Waals surface area (Å²) in [6.45, 7) is 2.04. The molecule has 0 radical (unpaired) electrons. The highest BCUT2D eigenvalue weighted by Crippen LogP contribution is 2.42. The maximum atomic E-state index is 10.8. The summed E-state index contributed by atoms with van der Waals surface area (Å²) in [6.07, 6.45) is 6.42. The number of hydrogen-bond acceptors (Lipinski definition) is 3. The third-order valence-electron chi connectivity index (χ3n) is 4.88. The fourth-order valence-corrected chi connectivity index (χ4v) is 3.68. The second kappa shape index (κ2) is 5.28. The molecule has 1 aromatic carbocycles. The first-order valence-corrected chi connectivity index (χ1v) is 7.66. The van der Waals surface area contributed by atoms with Crippen molar-refractivity contribution in [2.45, 2.75) is 57.2 Å². The van der Waals surface area contributed by atoms with E-state index in [9.17, 15) is 5.11 Å². The van der Waals surface area contributed by atoms with Crippen molar-refractivity contribution < 1.29 is 14.6 Å². The summed E-state index contributed by atoms with van der Waals surface area (Å²) in [4.78, 5) is 0. The molecular weight excluding hydrogens is 252 g/mol. The topological polar surface area (TPSA) is 38.7 Å². The highest BCUT2D eigenvalue weighted by molar-refractivity contribution is 5.45. The smallest absolute Gasteiger partial charge is 0.136 e. The van der Waals surface area contributed by atoms with Gasteiger partial charge < -0.3 is 14.6 Å². The molecule has 0 bridgehead atoms. The number of aliphatic hydroxyl groups is 1. The van der Waals surface area contributed by atoms with Gasteiger partial charge in [-0.05, 0) is 37.3 Å². The van der Waals surface area contributed by atoms with E-state index in [1.165, 1.54) is 24.8 Å². The zero-order valence-electron chi connectivity index (χ0n) is 12.4. The van der Waals surface area contributed by atoms with Crippen LogP contribution in [0.1, 0.15) is 44.6 Å². The van der Waals surface area contributed by atoms with Crippen molar-refractivity contribution in [2.75, 3.05) is 7.11 Å². The van der Waals surface area contributed by atoms with Crippen LogP contribution in [-0.2, 0) is 6.42 Å². The largest absolute Gasteiger partial charge is 0.497 e. The Morgan fingerprint density at radius 3 is 2.75 bits per heavy atom. The molecule has 2 atom stereocenters. The molecule has 1 fully saturated rings. The number of hydrogen-bond donors (Lipinski definition) is 1. The molecule has 0 amide bonds. The molecule has 0 aromatic heterocycles. The van der Waals surface area contributed by atoms with Crippen LogP contribution in [0.3, 0.4) is 0 Å². The lowest BCUT2D eigenvalue weighted by atomic mass is 9.77. The van der Waals surface area contributed by atoms with Crippen molar-refractivity contribution in [2.24, 2.45) is 5.92 Å². The van der Waals surface area contributed by atoms with E-state index >= 15 is 0 Å². The minimum Gasteiger partial charge on any atom is -0.497 e. The fourth-order valence-electron chi connectivity index (χ4n) is 3.68. The van der Waals surface area contributed by atoms with E-state index in [-0.39, 0.29) is 6.10 Å². The molecule has 0 saturated heterocycles. The van der Waals surface area contributed by atoms with Crippen molar-refractivity contribution in [1.29, 1.82) is 0 Å². The highest BCUT2D eigenvalue weighted by Gasteiger charge is 2.44. The summed E-state index contributed by atoms with van der Waals surface area (Å²) in [5.74, 6) is 2.05. The molecule has 20 heavy (non-hydrogen) atoms. The predicted molar refractivity (Wildman–Crippen MR) is 78.3 cm³/mol. The van der Waals surface area contributed by atoms with E-state index in [0.717, 1.165) is 30.8 Å². The monoisotopic (exact) mass is 276 g/mol. The van der Waals surface area contributed by atoms with Crippen LogP contribution in [0.25, 0.3) is 0 Å². The van der Waals surface area contributed by atoms with E-state index in [1.807, 2.05) is 25.1 Å². The third kappa shape index (κ3) is 2.39. The average Bonchev–Trinajstić information content (AvgIpc) is 2.83. The molecule has 3 rings (SSSR count). The Kier molecular flexibility index (Phi) is 3.63. The molecule has 1 saturated carbocycles. The van der Waals surface area contributed by atoms with Gasteiger partial charge in [0, 0.05) is 12.5 Å². The van der Waals surface area contributed by atoms with Gasteiger partial charge in [0.15, 0.2) is 0 Å². The Hall–Kier alpha value is -1.22. The molecule has 3 heteroatoms. The zero-order valence-corrected chi connectivity index (χ0v) is 12.4. The molecule has 2 unspecified atom stereocenters. The molecule has 2 aliphatic rings. The summed E-state index contributed by atoms with van der Waals surface area (Å²) >= 11 is 0. The standard InChI is InChI=1S/C17H24O3/c1-17(16(18)12-6-4-3-5-7-12)11-13-8-9-14(19-2)10-15(13)20-17/h8-10,12,16,18H,3-7,11H2,1-2H3. The van der Waals surface area contributed by atoms with E-state index in [4.69, 9.17) is 9.47 Å². The molecular formula is C17H24O3. The minimum absolute atomic E-state index is 0.380. The van der Waals surface area contributed by atoms with Gasteiger partial charge in [0.25, 0.3) is 0 Å². The van der Waals surface area contributed by atoms with Gasteiger partial charge in [-0.1, -0.05) is 25.3 Å². The van der Waals surface area contributed by atoms with Crippen LogP contribution >= 0.6 is 0 Å². The zero-order chi connectivity index (χ0) is 14.2. The summed E-state index contributed by atoms with van der Waals surface area (Å²) < 4.78 is 11.4. The molecule has 110 valence electrons. The van der Waals surface area contributed by atoms with Crippen LogP contribution in [0.5, 0.6) is 11.5 Å². The Morgan fingerprint density at radius 2 is 2.05 bits per heavy atom. The Labute approximate surface area is 120 Å². The quantitative estimate of drug-likeness (QED) is 0.920. The fraction of sp³-hybridized carbons (Fsp3) is 0.647. The predicted octanol–water partition coefficient (Wildman–Crippen LogP) is 3.33. The van der Waals surface area contributed by atoms with Crippen LogP contribution in [0.15, 0.2) is 18.2 Å². The van der Waals surface area contributed by atoms with Gasteiger partial charge in [-0.25, -0.2) is 0 Å². The van der Waals surface area contributed by atoms with Crippen molar-refractivity contribution in [1.82, 2.24) is 0 Å². The second-order valence-electron chi connectivity index (χ2n) is 6.41. The van der Waals surface area contributed by atoms with Gasteiger partial charge in [0.2, 0.25) is 0 Å². The molecule has 3 nitrogen and oxygen atoms in total. The van der Waals surface area contributed by atoms with Gasteiger partial charge >= 0.3 is 0 Å². The van der Waals surface area contributed by atoms with Crippen LogP contribution in [0.2, 0.25) is 0 Å². The van der Waals surface area contributed by atoms with Crippen molar-refractivity contribution in [3.8, 4) is 11.5 Å². The summed E-state index contributed by atoms with van der Waals surface area (Å²) in [5, 5.41) is 10.8. The summed E-state index contributed by atoms with van der Waals surface area (Å²) in [5.41, 5.74) is 0.680. The third-order valence-corrected chi connectivity index (χ3v) is 4.88. The van der Waals surface area contributed by atoms with Gasteiger partial charge in [-0.15, -0.1) is 0 Å².